The first-order chi connectivity index (χ1) is 22.6. The maximum absolute atomic E-state index is 15.5. The minimum absolute atomic E-state index is 0.147. The minimum atomic E-state index is -0.447. The van der Waals surface area contributed by atoms with Gasteiger partial charge in [-0.2, -0.15) is 11.8 Å². The van der Waals surface area contributed by atoms with E-state index in [0.29, 0.717) is 17.3 Å². The monoisotopic (exact) mass is 659 g/mol. The number of aromatic amines is 2. The lowest BCUT2D eigenvalue weighted by atomic mass is 9.73. The summed E-state index contributed by atoms with van der Waals surface area (Å²) in [6, 6.07) is 16.8. The van der Waals surface area contributed by atoms with Gasteiger partial charge in [0.25, 0.3) is 6.47 Å². The standard InChI is InChI=1S/C37H41F2N3OS.CH2O2/c1-5-8-24-9-6-10-25(19-24)37(4)15-7-14-36(2,3)16-18-44-23-29-27-13-17-40-32(27)21-31(39)34(29)43-26-11-12-30(38)28(20-26)35-41-22-33(37)42-35;2-1-3/h6,9-13,17,19-22,40H,5,7-8,14-16,18,23H2,1-4H3,(H,41,42);1H,(H,2,3). The lowest BCUT2D eigenvalue weighted by Gasteiger charge is -2.32. The van der Waals surface area contributed by atoms with Crippen molar-refractivity contribution in [2.75, 3.05) is 5.75 Å². The Bertz CT molecular complexity index is 1830. The molecule has 47 heavy (non-hydrogen) atoms. The van der Waals surface area contributed by atoms with E-state index in [4.69, 9.17) is 14.6 Å². The number of rotatable bonds is 3. The van der Waals surface area contributed by atoms with E-state index in [9.17, 15) is 0 Å². The van der Waals surface area contributed by atoms with E-state index in [1.165, 1.54) is 23.3 Å². The van der Waals surface area contributed by atoms with Crippen LogP contribution in [0.2, 0.25) is 0 Å². The van der Waals surface area contributed by atoms with Gasteiger partial charge in [-0.3, -0.25) is 4.79 Å². The molecular formula is C38H43F2N3O3S. The fraction of sp³-hybridized carbons (Fsp3) is 0.368. The second-order valence-corrected chi connectivity index (χ2v) is 14.3. The molecule has 4 bridgehead atoms. The van der Waals surface area contributed by atoms with E-state index in [2.05, 4.69) is 66.9 Å². The Morgan fingerprint density at radius 1 is 1.04 bits per heavy atom. The summed E-state index contributed by atoms with van der Waals surface area (Å²) in [6.45, 7) is 8.91. The number of aryl methyl sites for hydroxylation is 1. The van der Waals surface area contributed by atoms with Crippen molar-refractivity contribution in [1.82, 2.24) is 15.0 Å². The van der Waals surface area contributed by atoms with Crippen molar-refractivity contribution < 1.29 is 23.4 Å². The molecule has 0 fully saturated rings. The Morgan fingerprint density at radius 2 is 1.85 bits per heavy atom. The van der Waals surface area contributed by atoms with Gasteiger partial charge in [-0.15, -0.1) is 0 Å². The topological polar surface area (TPSA) is 91.0 Å². The summed E-state index contributed by atoms with van der Waals surface area (Å²) in [5, 5.41) is 7.82. The van der Waals surface area contributed by atoms with Gasteiger partial charge >= 0.3 is 0 Å². The summed E-state index contributed by atoms with van der Waals surface area (Å²) in [4.78, 5) is 19.7. The number of thioether (sulfide) groups is 1. The van der Waals surface area contributed by atoms with E-state index >= 15 is 8.78 Å². The molecule has 6 rings (SSSR count). The number of aromatic nitrogens is 3. The molecule has 0 saturated carbocycles. The van der Waals surface area contributed by atoms with Gasteiger partial charge < -0.3 is 19.8 Å². The molecule has 0 spiro atoms. The van der Waals surface area contributed by atoms with Crippen LogP contribution in [-0.4, -0.2) is 32.3 Å². The molecular weight excluding hydrogens is 616 g/mol. The van der Waals surface area contributed by atoms with Crippen molar-refractivity contribution in [2.24, 2.45) is 5.41 Å². The number of hydrogen-bond donors (Lipinski definition) is 3. The molecule has 5 aromatic rings. The molecule has 6 nitrogen and oxygen atoms in total. The van der Waals surface area contributed by atoms with Crippen molar-refractivity contribution in [1.29, 1.82) is 0 Å². The Balaban J connectivity index is 0.00000139. The Morgan fingerprint density at radius 3 is 2.64 bits per heavy atom. The Hall–Kier alpha value is -4.11. The highest BCUT2D eigenvalue weighted by Crippen LogP contribution is 2.42. The van der Waals surface area contributed by atoms with Gasteiger partial charge in [-0.05, 0) is 79.2 Å². The van der Waals surface area contributed by atoms with Gasteiger partial charge in [-0.1, -0.05) is 57.9 Å². The van der Waals surface area contributed by atoms with Crippen molar-refractivity contribution in [3.05, 3.63) is 101 Å². The smallest absolute Gasteiger partial charge is 0.290 e. The lowest BCUT2D eigenvalue weighted by molar-refractivity contribution is -0.122. The fourth-order valence-electron chi connectivity index (χ4n) is 6.44. The molecule has 0 aliphatic carbocycles. The van der Waals surface area contributed by atoms with Gasteiger partial charge in [-0.25, -0.2) is 13.8 Å². The number of imidazole rings is 1. The van der Waals surface area contributed by atoms with Crippen LogP contribution >= 0.6 is 11.8 Å². The van der Waals surface area contributed by atoms with Crippen LogP contribution in [0.4, 0.5) is 8.78 Å². The van der Waals surface area contributed by atoms with Crippen LogP contribution in [0.15, 0.2) is 67.0 Å². The number of carboxylic acid groups (broad SMARTS) is 1. The van der Waals surface area contributed by atoms with Gasteiger partial charge in [0.1, 0.15) is 17.4 Å². The van der Waals surface area contributed by atoms with Gasteiger partial charge in [0.15, 0.2) is 11.6 Å². The summed E-state index contributed by atoms with van der Waals surface area (Å²) in [5.41, 5.74) is 5.15. The number of nitrogens with one attached hydrogen (secondary N) is 2. The predicted molar refractivity (Wildman–Crippen MR) is 186 cm³/mol. The number of halogens is 2. The number of nitrogens with zero attached hydrogens (tertiary/aromatic N) is 1. The normalized spacial score (nSPS) is 18.2. The first-order valence-electron chi connectivity index (χ1n) is 16.2. The van der Waals surface area contributed by atoms with Crippen LogP contribution in [0.1, 0.15) is 82.2 Å². The second-order valence-electron chi connectivity index (χ2n) is 13.2. The van der Waals surface area contributed by atoms with Gasteiger partial charge in [0.2, 0.25) is 0 Å². The zero-order valence-electron chi connectivity index (χ0n) is 27.5. The SMILES string of the molecule is CCCc1cccc(C2(C)CCCC(C)(C)CCSCc3c(c(F)cc4[nH]ccc34)Oc3ccc(F)c(c3)-c3ncc2[nH]3)c1.O=CO. The summed E-state index contributed by atoms with van der Waals surface area (Å²) >= 11 is 1.80. The van der Waals surface area contributed by atoms with Gasteiger partial charge in [0, 0.05) is 51.8 Å². The van der Waals surface area contributed by atoms with Crippen molar-refractivity contribution >= 4 is 29.1 Å². The highest BCUT2D eigenvalue weighted by atomic mass is 32.2. The quantitative estimate of drug-likeness (QED) is 0.168. The van der Waals surface area contributed by atoms with Crippen LogP contribution < -0.4 is 4.74 Å². The number of carbonyl (C=O) groups is 1. The molecule has 3 N–H and O–H groups in total. The maximum atomic E-state index is 15.5. The highest BCUT2D eigenvalue weighted by molar-refractivity contribution is 7.98. The lowest BCUT2D eigenvalue weighted by Crippen LogP contribution is -2.25. The molecule has 0 saturated heterocycles. The maximum Gasteiger partial charge on any atom is 0.290 e. The highest BCUT2D eigenvalue weighted by Gasteiger charge is 2.32. The minimum Gasteiger partial charge on any atom is -0.483 e. The molecule has 248 valence electrons. The molecule has 2 aromatic heterocycles. The Kier molecular flexibility index (Phi) is 10.7. The number of hydrogen-bond acceptors (Lipinski definition) is 4. The van der Waals surface area contributed by atoms with E-state index < -0.39 is 11.6 Å². The Labute approximate surface area is 279 Å². The first-order valence-corrected chi connectivity index (χ1v) is 17.3. The number of ether oxygens (including phenoxy) is 1. The zero-order chi connectivity index (χ0) is 33.6. The van der Waals surface area contributed by atoms with E-state index in [0.717, 1.165) is 66.4 Å². The summed E-state index contributed by atoms with van der Waals surface area (Å²) < 4.78 is 37.1. The molecule has 1 atom stereocenters. The van der Waals surface area contributed by atoms with Crippen LogP contribution in [0.25, 0.3) is 22.3 Å². The predicted octanol–water partition coefficient (Wildman–Crippen LogP) is 10.4. The molecule has 1 aliphatic rings. The van der Waals surface area contributed by atoms with E-state index in [1.54, 1.807) is 23.9 Å². The first kappa shape index (κ1) is 34.2. The molecule has 0 amide bonds. The van der Waals surface area contributed by atoms with Crippen LogP contribution in [0, 0.1) is 17.0 Å². The van der Waals surface area contributed by atoms with E-state index in [1.807, 2.05) is 18.5 Å². The largest absolute Gasteiger partial charge is 0.483 e. The molecule has 3 aromatic carbocycles. The summed E-state index contributed by atoms with van der Waals surface area (Å²) in [5.74, 6) is 1.67. The molecule has 1 aliphatic heterocycles. The average Bonchev–Trinajstić information content (AvgIpc) is 3.72. The van der Waals surface area contributed by atoms with Crippen LogP contribution in [-0.2, 0) is 22.4 Å². The van der Waals surface area contributed by atoms with E-state index in [-0.39, 0.29) is 28.6 Å². The average molecular weight is 660 g/mol. The fourth-order valence-corrected chi connectivity index (χ4v) is 7.78. The number of benzene rings is 3. The van der Waals surface area contributed by atoms with Crippen molar-refractivity contribution in [3.8, 4) is 22.9 Å². The van der Waals surface area contributed by atoms with Crippen molar-refractivity contribution in [2.45, 2.75) is 77.4 Å². The molecule has 1 unspecified atom stereocenters. The third-order valence-corrected chi connectivity index (χ3v) is 10.2. The zero-order valence-corrected chi connectivity index (χ0v) is 28.3. The number of H-pyrrole nitrogens is 2. The number of fused-ring (bicyclic) bond motifs is 8. The van der Waals surface area contributed by atoms with Crippen LogP contribution in [0.5, 0.6) is 11.5 Å². The molecule has 9 heteroatoms. The van der Waals surface area contributed by atoms with Gasteiger partial charge in [0.05, 0.1) is 5.56 Å². The van der Waals surface area contributed by atoms with Crippen LogP contribution in [0.3, 0.4) is 0 Å². The van der Waals surface area contributed by atoms with Crippen molar-refractivity contribution in [3.63, 3.8) is 0 Å². The second kappa shape index (κ2) is 14.8. The summed E-state index contributed by atoms with van der Waals surface area (Å²) in [7, 11) is 0. The third kappa shape index (κ3) is 7.73. The summed E-state index contributed by atoms with van der Waals surface area (Å²) in [6.07, 6.45) is 9.89. The molecule has 3 heterocycles. The third-order valence-electron chi connectivity index (χ3n) is 9.25. The molecule has 0 radical (unpaired) electrons.